The number of carbonyl (C=O) groups excluding carboxylic acids is 2. The smallest absolute Gasteiger partial charge is 0.246 e. The molecule has 3 aliphatic heterocycles. The first-order valence-electron chi connectivity index (χ1n) is 11.5. The van der Waals surface area contributed by atoms with Crippen molar-refractivity contribution in [2.24, 2.45) is 0 Å². The minimum atomic E-state index is -0.805. The van der Waals surface area contributed by atoms with Gasteiger partial charge in [0.05, 0.1) is 11.6 Å². The van der Waals surface area contributed by atoms with Crippen molar-refractivity contribution in [1.29, 1.82) is 0 Å². The predicted octanol–water partition coefficient (Wildman–Crippen LogP) is 2.82. The van der Waals surface area contributed by atoms with E-state index < -0.39 is 18.2 Å². The zero-order chi connectivity index (χ0) is 23.7. The molecule has 2 saturated heterocycles. The number of rotatable bonds is 4. The van der Waals surface area contributed by atoms with Gasteiger partial charge >= 0.3 is 0 Å². The molecule has 3 N–H and O–H groups in total. The van der Waals surface area contributed by atoms with Crippen molar-refractivity contribution in [1.82, 2.24) is 15.2 Å². The average Bonchev–Trinajstić information content (AvgIpc) is 3.32. The zero-order valence-electron chi connectivity index (χ0n) is 19.6. The summed E-state index contributed by atoms with van der Waals surface area (Å²) in [4.78, 5) is 31.1. The molecule has 2 fully saturated rings. The molecule has 174 valence electrons. The Morgan fingerprint density at radius 2 is 2.09 bits per heavy atom. The van der Waals surface area contributed by atoms with E-state index in [1.54, 1.807) is 0 Å². The maximum Gasteiger partial charge on any atom is 0.246 e. The van der Waals surface area contributed by atoms with Crippen molar-refractivity contribution in [3.63, 3.8) is 0 Å². The molecule has 0 spiro atoms. The van der Waals surface area contributed by atoms with Gasteiger partial charge in [-0.2, -0.15) is 0 Å². The molecule has 2 aromatic rings. The average molecular weight is 450 g/mol. The van der Waals surface area contributed by atoms with Gasteiger partial charge in [-0.05, 0) is 50.1 Å². The number of ether oxygens (including phenoxy) is 1. The van der Waals surface area contributed by atoms with Crippen molar-refractivity contribution in [2.75, 3.05) is 6.54 Å². The second kappa shape index (κ2) is 7.22. The largest absolute Gasteiger partial charge is 0.483 e. The summed E-state index contributed by atoms with van der Waals surface area (Å²) in [5.41, 5.74) is 3.10. The van der Waals surface area contributed by atoms with E-state index in [1.165, 1.54) is 4.90 Å². The summed E-state index contributed by atoms with van der Waals surface area (Å²) in [7, 11) is 0. The predicted molar refractivity (Wildman–Crippen MR) is 127 cm³/mol. The highest BCUT2D eigenvalue weighted by Crippen LogP contribution is 2.41. The summed E-state index contributed by atoms with van der Waals surface area (Å²) in [5, 5.41) is 14.0. The van der Waals surface area contributed by atoms with Crippen LogP contribution in [0.4, 0.5) is 0 Å². The van der Waals surface area contributed by atoms with Gasteiger partial charge in [-0.25, -0.2) is 0 Å². The van der Waals surface area contributed by atoms with Crippen molar-refractivity contribution >= 4 is 28.8 Å². The second-order valence-corrected chi connectivity index (χ2v) is 10.4. The number of carbonyl (C=O) groups is 2. The van der Waals surface area contributed by atoms with Crippen LogP contribution in [-0.2, 0) is 21.4 Å². The molecule has 5 rings (SSSR count). The molecule has 7 nitrogen and oxygen atoms in total. The van der Waals surface area contributed by atoms with Gasteiger partial charge in [-0.1, -0.05) is 19.9 Å². The highest BCUT2D eigenvalue weighted by Gasteiger charge is 2.48. The number of H-pyrrole nitrogens is 1. The SMILES string of the molecule is C=CC(C)(C)c1[nH]c2c3c(ccc2c1C[C@H]1NC(=O)[C@@H]2[C@H](O)CCN2C1=O)OC(C)(C)C=C3. The third-order valence-electron chi connectivity index (χ3n) is 7.20. The van der Waals surface area contributed by atoms with E-state index in [9.17, 15) is 14.7 Å². The number of aliphatic hydroxyl groups excluding tert-OH is 1. The van der Waals surface area contributed by atoms with Crippen LogP contribution in [0.15, 0.2) is 30.9 Å². The molecule has 0 saturated carbocycles. The number of hydrogen-bond donors (Lipinski definition) is 3. The van der Waals surface area contributed by atoms with Crippen LogP contribution in [0.25, 0.3) is 17.0 Å². The molecule has 0 aliphatic carbocycles. The highest BCUT2D eigenvalue weighted by molar-refractivity contribution is 5.99. The number of nitrogens with one attached hydrogen (secondary N) is 2. The Balaban J connectivity index is 1.60. The van der Waals surface area contributed by atoms with Gasteiger partial charge in [0.15, 0.2) is 0 Å². The van der Waals surface area contributed by atoms with Crippen molar-refractivity contribution < 1.29 is 19.4 Å². The number of aliphatic hydroxyl groups is 1. The summed E-state index contributed by atoms with van der Waals surface area (Å²) < 4.78 is 6.16. The lowest BCUT2D eigenvalue weighted by Crippen LogP contribution is -2.63. The number of nitrogens with zero attached hydrogens (tertiary/aromatic N) is 1. The summed E-state index contributed by atoms with van der Waals surface area (Å²) in [5.74, 6) is 0.377. The fourth-order valence-electron chi connectivity index (χ4n) is 5.24. The molecule has 0 unspecified atom stereocenters. The van der Waals surface area contributed by atoms with Gasteiger partial charge in [-0.15, -0.1) is 6.58 Å². The molecule has 1 aromatic heterocycles. The van der Waals surface area contributed by atoms with E-state index >= 15 is 0 Å². The lowest BCUT2D eigenvalue weighted by atomic mass is 9.84. The number of allylic oxidation sites excluding steroid dienone is 1. The van der Waals surface area contributed by atoms with Crippen LogP contribution in [0.2, 0.25) is 0 Å². The molecular weight excluding hydrogens is 418 g/mol. The molecule has 3 aliphatic rings. The fourth-order valence-corrected chi connectivity index (χ4v) is 5.24. The van der Waals surface area contributed by atoms with Gasteiger partial charge in [0.1, 0.15) is 23.4 Å². The van der Waals surface area contributed by atoms with Gasteiger partial charge < -0.3 is 25.0 Å². The first-order valence-corrected chi connectivity index (χ1v) is 11.5. The quantitative estimate of drug-likeness (QED) is 0.626. The maximum atomic E-state index is 13.2. The number of benzene rings is 1. The van der Waals surface area contributed by atoms with Crippen LogP contribution in [-0.4, -0.2) is 57.1 Å². The Hall–Kier alpha value is -3.06. The second-order valence-electron chi connectivity index (χ2n) is 10.4. The van der Waals surface area contributed by atoms with Gasteiger partial charge in [0.25, 0.3) is 0 Å². The molecule has 7 heteroatoms. The van der Waals surface area contributed by atoms with E-state index in [4.69, 9.17) is 4.74 Å². The van der Waals surface area contributed by atoms with Crippen LogP contribution >= 0.6 is 0 Å². The molecule has 4 heterocycles. The summed E-state index contributed by atoms with van der Waals surface area (Å²) in [6.45, 7) is 12.6. The summed E-state index contributed by atoms with van der Waals surface area (Å²) in [6, 6.07) is 2.53. The molecule has 3 atom stereocenters. The van der Waals surface area contributed by atoms with Gasteiger partial charge in [-0.3, -0.25) is 9.59 Å². The Bertz CT molecular complexity index is 1210. The van der Waals surface area contributed by atoms with Crippen LogP contribution in [0, 0.1) is 0 Å². The summed E-state index contributed by atoms with van der Waals surface area (Å²) >= 11 is 0. The standard InChI is InChI=1S/C26H31N3O4/c1-6-25(2,3)22-16(13-17-24(32)29-12-10-18(30)21(29)23(31)27-17)14-7-8-19-15(20(14)28-22)9-11-26(4,5)33-19/h6-9,11,17-18,21,28,30H,1,10,12-13H2,2-5H3,(H,27,31)/t17-,18-,21+/m1/s1. The van der Waals surface area contributed by atoms with Crippen molar-refractivity contribution in [2.45, 2.75) is 69.7 Å². The van der Waals surface area contributed by atoms with E-state index in [0.717, 1.165) is 33.5 Å². The first kappa shape index (κ1) is 21.8. The molecular formula is C26H31N3O4. The van der Waals surface area contributed by atoms with Crippen LogP contribution < -0.4 is 10.1 Å². The van der Waals surface area contributed by atoms with Crippen molar-refractivity contribution in [3.05, 3.63) is 47.7 Å². The molecule has 0 bridgehead atoms. The number of piperazine rings is 1. The Kier molecular flexibility index (Phi) is 4.76. The number of amides is 2. The summed E-state index contributed by atoms with van der Waals surface area (Å²) in [6.07, 6.45) is 5.98. The molecule has 33 heavy (non-hydrogen) atoms. The minimum Gasteiger partial charge on any atom is -0.483 e. The van der Waals surface area contributed by atoms with Gasteiger partial charge in [0, 0.05) is 35.0 Å². The number of aromatic amines is 1. The topological polar surface area (TPSA) is 94.7 Å². The zero-order valence-corrected chi connectivity index (χ0v) is 19.6. The van der Waals surface area contributed by atoms with Crippen LogP contribution in [0.1, 0.15) is 50.9 Å². The number of hydrogen-bond acceptors (Lipinski definition) is 4. The third kappa shape index (κ3) is 3.37. The normalized spacial score (nSPS) is 26.1. The molecule has 0 radical (unpaired) electrons. The number of aromatic nitrogens is 1. The Labute approximate surface area is 193 Å². The van der Waals surface area contributed by atoms with E-state index in [0.29, 0.717) is 19.4 Å². The van der Waals surface area contributed by atoms with Gasteiger partial charge in [0.2, 0.25) is 11.8 Å². The van der Waals surface area contributed by atoms with Crippen LogP contribution in [0.5, 0.6) is 5.75 Å². The third-order valence-corrected chi connectivity index (χ3v) is 7.20. The lowest BCUT2D eigenvalue weighted by molar-refractivity contribution is -0.149. The lowest BCUT2D eigenvalue weighted by Gasteiger charge is -2.35. The van der Waals surface area contributed by atoms with E-state index in [1.807, 2.05) is 38.1 Å². The Morgan fingerprint density at radius 1 is 1.33 bits per heavy atom. The molecule has 2 amide bonds. The molecule has 1 aromatic carbocycles. The van der Waals surface area contributed by atoms with Crippen molar-refractivity contribution in [3.8, 4) is 5.75 Å². The fraction of sp³-hybridized carbons (Fsp3) is 0.462. The monoisotopic (exact) mass is 449 g/mol. The Morgan fingerprint density at radius 3 is 2.82 bits per heavy atom. The minimum absolute atomic E-state index is 0.143. The number of fused-ring (bicyclic) bond motifs is 4. The van der Waals surface area contributed by atoms with E-state index in [-0.39, 0.29) is 22.8 Å². The maximum absolute atomic E-state index is 13.2. The highest BCUT2D eigenvalue weighted by atomic mass is 16.5. The van der Waals surface area contributed by atoms with Crippen LogP contribution in [0.3, 0.4) is 0 Å². The van der Waals surface area contributed by atoms with E-state index in [2.05, 4.69) is 36.8 Å². The first-order chi connectivity index (χ1) is 15.5.